The van der Waals surface area contributed by atoms with Crippen LogP contribution < -0.4 is 0 Å². The van der Waals surface area contributed by atoms with E-state index in [0.29, 0.717) is 5.65 Å². The van der Waals surface area contributed by atoms with Crippen LogP contribution in [0.2, 0.25) is 0 Å². The molecule has 172 valence electrons. The second kappa shape index (κ2) is 7.89. The average Bonchev–Trinajstić information content (AvgIpc) is 3.48. The van der Waals surface area contributed by atoms with Gasteiger partial charge in [-0.15, -0.1) is 0 Å². The zero-order valence-corrected chi connectivity index (χ0v) is 19.9. The van der Waals surface area contributed by atoms with E-state index in [9.17, 15) is 8.42 Å². The minimum Gasteiger partial charge on any atom is -0.275 e. The molecule has 6 rings (SSSR count). The maximum atomic E-state index is 13.8. The van der Waals surface area contributed by atoms with Gasteiger partial charge in [-0.05, 0) is 54.4 Å². The number of hydrogen-bond donors (Lipinski definition) is 0. The fraction of sp³-hybridized carbons (Fsp3) is 0.0741. The van der Waals surface area contributed by atoms with Crippen molar-refractivity contribution >= 4 is 32.0 Å². The summed E-state index contributed by atoms with van der Waals surface area (Å²) in [7, 11) is -2.03. The molecule has 0 aliphatic rings. The predicted octanol–water partition coefficient (Wildman–Crippen LogP) is 5.20. The van der Waals surface area contributed by atoms with Gasteiger partial charge >= 0.3 is 0 Å². The highest BCUT2D eigenvalue weighted by Crippen LogP contribution is 2.39. The molecule has 0 saturated carbocycles. The number of nitrogens with zero attached hydrogens (tertiary/aromatic N) is 5. The molecule has 35 heavy (non-hydrogen) atoms. The smallest absolute Gasteiger partial charge is 0.269 e. The lowest BCUT2D eigenvalue weighted by molar-refractivity contribution is 0.589. The fourth-order valence-electron chi connectivity index (χ4n) is 4.40. The van der Waals surface area contributed by atoms with Gasteiger partial charge in [0.1, 0.15) is 0 Å². The molecule has 0 aliphatic carbocycles. The molecule has 0 atom stereocenters. The first kappa shape index (κ1) is 21.2. The van der Waals surface area contributed by atoms with E-state index in [1.165, 1.54) is 3.97 Å². The van der Waals surface area contributed by atoms with Crippen molar-refractivity contribution in [3.05, 3.63) is 97.2 Å². The van der Waals surface area contributed by atoms with Crippen molar-refractivity contribution in [2.24, 2.45) is 7.05 Å². The first-order valence-electron chi connectivity index (χ1n) is 11.1. The molecule has 0 bridgehead atoms. The van der Waals surface area contributed by atoms with Crippen molar-refractivity contribution in [1.82, 2.24) is 23.7 Å². The molecule has 4 heterocycles. The van der Waals surface area contributed by atoms with Crippen molar-refractivity contribution in [3.8, 4) is 22.3 Å². The van der Waals surface area contributed by atoms with E-state index in [1.54, 1.807) is 53.7 Å². The average molecular weight is 480 g/mol. The topological polar surface area (TPSA) is 82.7 Å². The molecule has 7 nitrogen and oxygen atoms in total. The van der Waals surface area contributed by atoms with Crippen LogP contribution >= 0.6 is 0 Å². The van der Waals surface area contributed by atoms with Crippen LogP contribution in [0.15, 0.2) is 96.5 Å². The van der Waals surface area contributed by atoms with E-state index in [0.717, 1.165) is 44.1 Å². The lowest BCUT2D eigenvalue weighted by atomic mass is 9.98. The Labute approximate surface area is 202 Å². The second-order valence-electron chi connectivity index (χ2n) is 8.53. The summed E-state index contributed by atoms with van der Waals surface area (Å²) in [5.74, 6) is 0. The normalized spacial score (nSPS) is 11.9. The third-order valence-corrected chi connectivity index (χ3v) is 7.83. The Balaban J connectivity index is 1.68. The Kier molecular flexibility index (Phi) is 4.79. The van der Waals surface area contributed by atoms with Crippen LogP contribution in [0.5, 0.6) is 0 Å². The zero-order valence-electron chi connectivity index (χ0n) is 19.1. The minimum atomic E-state index is -3.88. The minimum absolute atomic E-state index is 0.211. The molecule has 0 aliphatic heterocycles. The van der Waals surface area contributed by atoms with Crippen molar-refractivity contribution in [1.29, 1.82) is 0 Å². The highest BCUT2D eigenvalue weighted by atomic mass is 32.2. The number of rotatable bonds is 4. The Morgan fingerprint density at radius 1 is 0.829 bits per heavy atom. The molecule has 2 aromatic carbocycles. The Hall–Kier alpha value is -4.30. The number of pyridine rings is 2. The Morgan fingerprint density at radius 2 is 1.66 bits per heavy atom. The van der Waals surface area contributed by atoms with Crippen LogP contribution in [0.1, 0.15) is 5.56 Å². The molecule has 0 N–H and O–H groups in total. The third kappa shape index (κ3) is 3.50. The van der Waals surface area contributed by atoms with Crippen LogP contribution in [0.4, 0.5) is 0 Å². The number of benzene rings is 2. The number of fused-ring (bicyclic) bond motifs is 2. The molecule has 0 unspecified atom stereocenters. The predicted molar refractivity (Wildman–Crippen MR) is 136 cm³/mol. The number of hydrogen-bond acceptors (Lipinski definition) is 5. The van der Waals surface area contributed by atoms with Crippen LogP contribution in [0.25, 0.3) is 44.2 Å². The van der Waals surface area contributed by atoms with Crippen molar-refractivity contribution in [2.75, 3.05) is 0 Å². The highest BCUT2D eigenvalue weighted by molar-refractivity contribution is 7.90. The molecule has 8 heteroatoms. The molecule has 0 amide bonds. The fourth-order valence-corrected chi connectivity index (χ4v) is 5.71. The largest absolute Gasteiger partial charge is 0.275 e. The second-order valence-corrected chi connectivity index (χ2v) is 10.3. The van der Waals surface area contributed by atoms with Gasteiger partial charge in [-0.25, -0.2) is 17.4 Å². The first-order chi connectivity index (χ1) is 16.9. The van der Waals surface area contributed by atoms with E-state index in [-0.39, 0.29) is 4.90 Å². The van der Waals surface area contributed by atoms with Crippen LogP contribution in [0.3, 0.4) is 0 Å². The summed E-state index contributed by atoms with van der Waals surface area (Å²) in [5, 5.41) is 6.04. The Morgan fingerprint density at radius 3 is 2.43 bits per heavy atom. The SMILES string of the molecule is Cc1ccc(S(=O)(=O)n2cc(-c3ccc4ncccc4c3)c3c(-c4cnn(C)c4)ccnc32)cc1. The number of aryl methyl sites for hydroxylation is 2. The van der Waals surface area contributed by atoms with E-state index >= 15 is 0 Å². The van der Waals surface area contributed by atoms with E-state index in [2.05, 4.69) is 15.1 Å². The maximum absolute atomic E-state index is 13.8. The van der Waals surface area contributed by atoms with Gasteiger partial charge in [-0.1, -0.05) is 29.8 Å². The third-order valence-electron chi connectivity index (χ3n) is 6.16. The number of aromatic nitrogens is 5. The van der Waals surface area contributed by atoms with Gasteiger partial charge in [-0.2, -0.15) is 5.10 Å². The highest BCUT2D eigenvalue weighted by Gasteiger charge is 2.25. The quantitative estimate of drug-likeness (QED) is 0.347. The summed E-state index contributed by atoms with van der Waals surface area (Å²) in [6.45, 7) is 1.93. The van der Waals surface area contributed by atoms with Gasteiger partial charge < -0.3 is 0 Å². The lowest BCUT2D eigenvalue weighted by Gasteiger charge is -2.08. The molecule has 0 saturated heterocycles. The maximum Gasteiger partial charge on any atom is 0.269 e. The standard InChI is InChI=1S/C27H21N5O2S/c1-18-5-8-22(9-6-18)35(33,34)32-17-24(19-7-10-25-20(14-19)4-3-12-28-25)26-23(11-13-29-27(26)32)21-15-30-31(2)16-21/h3-17H,1-2H3. The monoisotopic (exact) mass is 479 g/mol. The zero-order chi connectivity index (χ0) is 24.2. The summed E-state index contributed by atoms with van der Waals surface area (Å²) in [6.07, 6.45) is 8.75. The van der Waals surface area contributed by atoms with E-state index < -0.39 is 10.0 Å². The van der Waals surface area contributed by atoms with Crippen molar-refractivity contribution in [2.45, 2.75) is 11.8 Å². The summed E-state index contributed by atoms with van der Waals surface area (Å²) in [5.41, 5.74) is 5.63. The molecular formula is C27H21N5O2S. The molecule has 0 radical (unpaired) electrons. The van der Waals surface area contributed by atoms with Gasteiger partial charge in [0.15, 0.2) is 5.65 Å². The summed E-state index contributed by atoms with van der Waals surface area (Å²) >= 11 is 0. The lowest BCUT2D eigenvalue weighted by Crippen LogP contribution is -2.12. The molecule has 0 spiro atoms. The van der Waals surface area contributed by atoms with Crippen molar-refractivity contribution < 1.29 is 8.42 Å². The van der Waals surface area contributed by atoms with Gasteiger partial charge in [0, 0.05) is 53.7 Å². The Bertz CT molecular complexity index is 1830. The molecule has 4 aromatic heterocycles. The summed E-state index contributed by atoms with van der Waals surface area (Å²) < 4.78 is 30.5. The molecule has 6 aromatic rings. The van der Waals surface area contributed by atoms with Crippen LogP contribution in [-0.4, -0.2) is 32.1 Å². The van der Waals surface area contributed by atoms with Crippen molar-refractivity contribution in [3.63, 3.8) is 0 Å². The van der Waals surface area contributed by atoms with Gasteiger partial charge in [0.05, 0.1) is 16.6 Å². The first-order valence-corrected chi connectivity index (χ1v) is 12.5. The van der Waals surface area contributed by atoms with Gasteiger partial charge in [0.25, 0.3) is 10.0 Å². The van der Waals surface area contributed by atoms with Crippen LogP contribution in [0, 0.1) is 6.92 Å². The van der Waals surface area contributed by atoms with Gasteiger partial charge in [-0.3, -0.25) is 9.67 Å². The van der Waals surface area contributed by atoms with Crippen LogP contribution in [-0.2, 0) is 17.1 Å². The molecular weight excluding hydrogens is 458 g/mol. The summed E-state index contributed by atoms with van der Waals surface area (Å²) in [4.78, 5) is 9.16. The van der Waals surface area contributed by atoms with Gasteiger partial charge in [0.2, 0.25) is 0 Å². The summed E-state index contributed by atoms with van der Waals surface area (Å²) in [6, 6.07) is 18.6. The van der Waals surface area contributed by atoms with E-state index in [1.807, 2.05) is 56.6 Å². The molecule has 0 fully saturated rings. The van der Waals surface area contributed by atoms with E-state index in [4.69, 9.17) is 0 Å².